The Kier molecular flexibility index (Phi) is 14.9. The van der Waals surface area contributed by atoms with Crippen LogP contribution in [-0.4, -0.2) is 44.3 Å². The minimum Gasteiger partial charge on any atom is -0.493 e. The monoisotopic (exact) mass is 496 g/mol. The number of ether oxygens (including phenoxy) is 2. The molecule has 0 amide bonds. The maximum absolute atomic E-state index is 12.1. The van der Waals surface area contributed by atoms with E-state index in [2.05, 4.69) is 69.6 Å². The van der Waals surface area contributed by atoms with Gasteiger partial charge in [0.2, 0.25) is 0 Å². The first kappa shape index (κ1) is 29.9. The summed E-state index contributed by atoms with van der Waals surface area (Å²) < 4.78 is 12.4. The van der Waals surface area contributed by atoms with Crippen molar-refractivity contribution < 1.29 is 18.8 Å². The van der Waals surface area contributed by atoms with Crippen LogP contribution in [0.2, 0.25) is 0 Å². The van der Waals surface area contributed by atoms with Gasteiger partial charge in [-0.1, -0.05) is 94.0 Å². The van der Waals surface area contributed by atoms with Crippen molar-refractivity contribution in [3.05, 3.63) is 65.7 Å². The fourth-order valence-electron chi connectivity index (χ4n) is 4.59. The summed E-state index contributed by atoms with van der Waals surface area (Å²) in [5, 5.41) is 0. The molecule has 0 saturated heterocycles. The van der Waals surface area contributed by atoms with E-state index in [9.17, 15) is 4.79 Å². The van der Waals surface area contributed by atoms with E-state index >= 15 is 0 Å². The summed E-state index contributed by atoms with van der Waals surface area (Å²) in [6, 6.07) is 18.9. The summed E-state index contributed by atoms with van der Waals surface area (Å²) in [6.45, 7) is 5.32. The predicted octanol–water partition coefficient (Wildman–Crippen LogP) is 7.74. The highest BCUT2D eigenvalue weighted by atomic mass is 16.5. The van der Waals surface area contributed by atoms with Crippen molar-refractivity contribution in [2.24, 2.45) is 0 Å². The number of hydrogen-bond donors (Lipinski definition) is 0. The van der Waals surface area contributed by atoms with E-state index in [1.54, 1.807) is 0 Å². The zero-order valence-corrected chi connectivity index (χ0v) is 23.2. The molecule has 0 aliphatic rings. The first-order valence-corrected chi connectivity index (χ1v) is 14.2. The highest BCUT2D eigenvalue weighted by Crippen LogP contribution is 2.21. The molecule has 0 spiro atoms. The fraction of sp³-hybridized carbons (Fsp3) is 0.594. The van der Waals surface area contributed by atoms with Crippen LogP contribution in [0.1, 0.15) is 88.7 Å². The van der Waals surface area contributed by atoms with Gasteiger partial charge in [0, 0.05) is 18.4 Å². The van der Waals surface area contributed by atoms with E-state index in [4.69, 9.17) is 9.47 Å². The van der Waals surface area contributed by atoms with Gasteiger partial charge < -0.3 is 14.0 Å². The lowest BCUT2D eigenvalue weighted by molar-refractivity contribution is -0.903. The number of quaternary nitrogens is 1. The molecule has 200 valence electrons. The van der Waals surface area contributed by atoms with Crippen molar-refractivity contribution in [2.75, 3.05) is 33.9 Å². The van der Waals surface area contributed by atoms with Gasteiger partial charge in [-0.3, -0.25) is 4.79 Å². The smallest absolute Gasteiger partial charge is 0.305 e. The third-order valence-corrected chi connectivity index (χ3v) is 6.68. The number of esters is 1. The first-order valence-electron chi connectivity index (χ1n) is 14.2. The van der Waals surface area contributed by atoms with Crippen LogP contribution < -0.4 is 4.74 Å². The lowest BCUT2D eigenvalue weighted by Crippen LogP contribution is -2.39. The van der Waals surface area contributed by atoms with E-state index in [1.807, 2.05) is 6.07 Å². The molecule has 0 saturated carbocycles. The molecule has 0 aromatic heterocycles. The SMILES string of the molecule is CCCCCCCCCc1ccccc1OCCCOC(=O)CCCC[N+](C)(C)Cc1ccccc1. The van der Waals surface area contributed by atoms with Crippen LogP contribution in [0.3, 0.4) is 0 Å². The highest BCUT2D eigenvalue weighted by Gasteiger charge is 2.15. The topological polar surface area (TPSA) is 35.5 Å². The van der Waals surface area contributed by atoms with E-state index in [0.29, 0.717) is 19.6 Å². The lowest BCUT2D eigenvalue weighted by Gasteiger charge is -2.30. The molecule has 0 aliphatic heterocycles. The molecule has 0 aliphatic carbocycles. The van der Waals surface area contributed by atoms with Gasteiger partial charge in [-0.2, -0.15) is 0 Å². The van der Waals surface area contributed by atoms with Crippen LogP contribution in [0.25, 0.3) is 0 Å². The van der Waals surface area contributed by atoms with Crippen molar-refractivity contribution in [2.45, 2.75) is 90.5 Å². The molecule has 0 bridgehead atoms. The molecule has 4 heteroatoms. The number of hydrogen-bond acceptors (Lipinski definition) is 3. The van der Waals surface area contributed by atoms with Gasteiger partial charge in [0.05, 0.1) is 33.9 Å². The van der Waals surface area contributed by atoms with Gasteiger partial charge in [0.25, 0.3) is 0 Å². The zero-order chi connectivity index (χ0) is 25.9. The van der Waals surface area contributed by atoms with Crippen LogP contribution >= 0.6 is 0 Å². The number of carbonyl (C=O) groups is 1. The van der Waals surface area contributed by atoms with Crippen LogP contribution in [0.15, 0.2) is 54.6 Å². The number of aryl methyl sites for hydroxylation is 1. The Labute approximate surface area is 220 Å². The average molecular weight is 497 g/mol. The molecular formula is C32H50NO3+. The molecule has 2 aromatic rings. The number of unbranched alkanes of at least 4 members (excludes halogenated alkanes) is 7. The van der Waals surface area contributed by atoms with E-state index in [-0.39, 0.29) is 5.97 Å². The Morgan fingerprint density at radius 2 is 1.44 bits per heavy atom. The number of para-hydroxylation sites is 1. The van der Waals surface area contributed by atoms with Gasteiger partial charge >= 0.3 is 5.97 Å². The number of carbonyl (C=O) groups excluding carboxylic acids is 1. The van der Waals surface area contributed by atoms with E-state index in [0.717, 1.165) is 49.0 Å². The Bertz CT molecular complexity index is 834. The van der Waals surface area contributed by atoms with Crippen molar-refractivity contribution in [3.8, 4) is 5.75 Å². The highest BCUT2D eigenvalue weighted by molar-refractivity contribution is 5.69. The second kappa shape index (κ2) is 18.0. The molecule has 0 heterocycles. The van der Waals surface area contributed by atoms with Crippen LogP contribution in [-0.2, 0) is 22.5 Å². The minimum atomic E-state index is -0.0947. The van der Waals surface area contributed by atoms with Crippen LogP contribution in [0, 0.1) is 0 Å². The summed E-state index contributed by atoms with van der Waals surface area (Å²) in [5.74, 6) is 0.883. The quantitative estimate of drug-likeness (QED) is 0.107. The van der Waals surface area contributed by atoms with Crippen molar-refractivity contribution >= 4 is 5.97 Å². The largest absolute Gasteiger partial charge is 0.493 e. The summed E-state index contributed by atoms with van der Waals surface area (Å²) in [6.07, 6.45) is 13.4. The van der Waals surface area contributed by atoms with Gasteiger partial charge in [-0.25, -0.2) is 0 Å². The van der Waals surface area contributed by atoms with E-state index < -0.39 is 0 Å². The molecule has 2 aromatic carbocycles. The van der Waals surface area contributed by atoms with Crippen molar-refractivity contribution in [1.82, 2.24) is 0 Å². The Morgan fingerprint density at radius 1 is 0.750 bits per heavy atom. The number of rotatable bonds is 20. The van der Waals surface area contributed by atoms with E-state index in [1.165, 1.54) is 56.1 Å². The molecule has 0 N–H and O–H groups in total. The Balaban J connectivity index is 1.52. The summed E-state index contributed by atoms with van der Waals surface area (Å²) in [4.78, 5) is 12.1. The van der Waals surface area contributed by atoms with Crippen molar-refractivity contribution in [3.63, 3.8) is 0 Å². The first-order chi connectivity index (χ1) is 17.5. The maximum Gasteiger partial charge on any atom is 0.305 e. The van der Waals surface area contributed by atoms with Crippen LogP contribution in [0.4, 0.5) is 0 Å². The van der Waals surface area contributed by atoms with Crippen molar-refractivity contribution in [1.29, 1.82) is 0 Å². The van der Waals surface area contributed by atoms with Crippen LogP contribution in [0.5, 0.6) is 5.75 Å². The molecule has 36 heavy (non-hydrogen) atoms. The third-order valence-electron chi connectivity index (χ3n) is 6.68. The van der Waals surface area contributed by atoms with Gasteiger partial charge in [-0.05, 0) is 37.3 Å². The van der Waals surface area contributed by atoms with Gasteiger partial charge in [-0.15, -0.1) is 0 Å². The zero-order valence-electron chi connectivity index (χ0n) is 23.2. The average Bonchev–Trinajstić information content (AvgIpc) is 2.87. The van der Waals surface area contributed by atoms with Gasteiger partial charge in [0.15, 0.2) is 0 Å². The minimum absolute atomic E-state index is 0.0947. The molecule has 0 atom stereocenters. The lowest BCUT2D eigenvalue weighted by atomic mass is 10.0. The number of nitrogens with zero attached hydrogens (tertiary/aromatic N) is 1. The second-order valence-corrected chi connectivity index (χ2v) is 10.7. The Morgan fingerprint density at radius 3 is 2.22 bits per heavy atom. The molecule has 0 unspecified atom stereocenters. The summed E-state index contributed by atoms with van der Waals surface area (Å²) in [5.41, 5.74) is 2.64. The summed E-state index contributed by atoms with van der Waals surface area (Å²) >= 11 is 0. The maximum atomic E-state index is 12.1. The third kappa shape index (κ3) is 13.7. The summed E-state index contributed by atoms with van der Waals surface area (Å²) in [7, 11) is 4.50. The molecule has 2 rings (SSSR count). The molecule has 4 nitrogen and oxygen atoms in total. The van der Waals surface area contributed by atoms with Gasteiger partial charge in [0.1, 0.15) is 12.3 Å². The normalized spacial score (nSPS) is 11.4. The molecular weight excluding hydrogens is 446 g/mol. The standard InChI is InChI=1S/C32H50NO3/c1-4-5-6-7-8-9-13-21-30-22-14-15-23-31(30)35-26-18-27-36-32(34)24-16-17-25-33(2,3)28-29-19-11-10-12-20-29/h10-12,14-15,19-20,22-23H,4-9,13,16-18,21,24-28H2,1-3H3/q+1. The fourth-order valence-corrected chi connectivity index (χ4v) is 4.59. The predicted molar refractivity (Wildman–Crippen MR) is 150 cm³/mol. The molecule has 0 radical (unpaired) electrons. The Hall–Kier alpha value is -2.33. The number of benzene rings is 2. The second-order valence-electron chi connectivity index (χ2n) is 10.7. The molecule has 0 fully saturated rings.